The van der Waals surface area contributed by atoms with Gasteiger partial charge in [-0.15, -0.1) is 0 Å². The third kappa shape index (κ3) is 3.86. The second-order valence-electron chi connectivity index (χ2n) is 4.40. The summed E-state index contributed by atoms with van der Waals surface area (Å²) < 4.78 is 38.7. The molecule has 0 saturated heterocycles. The molecule has 1 atom stereocenters. The van der Waals surface area contributed by atoms with Crippen molar-refractivity contribution in [3.63, 3.8) is 0 Å². The van der Waals surface area contributed by atoms with E-state index < -0.39 is 21.4 Å². The second kappa shape index (κ2) is 6.93. The molecule has 0 saturated carbocycles. The summed E-state index contributed by atoms with van der Waals surface area (Å²) in [7, 11) is -3.85. The zero-order valence-corrected chi connectivity index (χ0v) is 13.4. The number of benzene rings is 2. The Kier molecular flexibility index (Phi) is 5.20. The molecule has 0 aliphatic rings. The molecule has 2 rings (SSSR count). The Hall–Kier alpha value is -1.86. The van der Waals surface area contributed by atoms with E-state index >= 15 is 0 Å². The first kappa shape index (κ1) is 16.5. The molecular weight excluding hydrogens is 318 g/mol. The topological polar surface area (TPSA) is 69.2 Å². The molecule has 2 aromatic carbocycles. The van der Waals surface area contributed by atoms with E-state index in [0.717, 1.165) is 11.1 Å². The molecule has 0 aliphatic heterocycles. The molecule has 6 heteroatoms. The van der Waals surface area contributed by atoms with E-state index in [9.17, 15) is 13.0 Å². The second-order valence-corrected chi connectivity index (χ2v) is 7.56. The summed E-state index contributed by atoms with van der Waals surface area (Å²) in [6, 6.07) is 12.8. The molecule has 4 nitrogen and oxygen atoms in total. The number of nitrogens with one attached hydrogen (secondary N) is 1. The summed E-state index contributed by atoms with van der Waals surface area (Å²) in [6.07, 6.45) is 3.27. The van der Waals surface area contributed by atoms with E-state index in [1.807, 2.05) is 0 Å². The summed E-state index contributed by atoms with van der Waals surface area (Å²) in [5.41, 5.74) is 1.67. The number of sulfonamides is 1. The Balaban J connectivity index is 2.18. The Bertz CT molecular complexity index is 766. The third-order valence-corrected chi connectivity index (χ3v) is 6.02. The summed E-state index contributed by atoms with van der Waals surface area (Å²) >= 11 is -1.86. The molecule has 1 N–H and O–H groups in total. The van der Waals surface area contributed by atoms with Gasteiger partial charge in [0.15, 0.2) is 4.90 Å². The van der Waals surface area contributed by atoms with Crippen LogP contribution >= 0.6 is 0 Å². The lowest BCUT2D eigenvalue weighted by Crippen LogP contribution is -2.30. The third-order valence-electron chi connectivity index (χ3n) is 2.94. The minimum Gasteiger partial charge on any atom is -0.592 e. The van der Waals surface area contributed by atoms with Crippen molar-refractivity contribution in [2.24, 2.45) is 0 Å². The van der Waals surface area contributed by atoms with Gasteiger partial charge in [0, 0.05) is 0 Å². The maximum absolute atomic E-state index is 12.2. The Morgan fingerprint density at radius 2 is 1.36 bits per heavy atom. The summed E-state index contributed by atoms with van der Waals surface area (Å²) in [4.78, 5) is 0.422. The van der Waals surface area contributed by atoms with Crippen molar-refractivity contribution < 1.29 is 13.0 Å². The highest BCUT2D eigenvalue weighted by Crippen LogP contribution is 2.16. The van der Waals surface area contributed by atoms with Crippen molar-refractivity contribution >= 4 is 33.5 Å². The molecule has 0 radical (unpaired) electrons. The standard InChI is InChI=1S/C16H15NO3S2/c1-3-13-5-9-15(10-6-13)21(18)17-22(19,20)16-11-7-14(4-2)8-12-16/h3-12,17H,1-2H2. The molecule has 0 aliphatic carbocycles. The Morgan fingerprint density at radius 1 is 0.909 bits per heavy atom. The molecule has 22 heavy (non-hydrogen) atoms. The molecule has 0 amide bonds. The van der Waals surface area contributed by atoms with Gasteiger partial charge in [0.05, 0.1) is 16.3 Å². The van der Waals surface area contributed by atoms with Crippen LogP contribution in [0.1, 0.15) is 11.1 Å². The predicted octanol–water partition coefficient (Wildman–Crippen LogP) is 2.97. The predicted molar refractivity (Wildman–Crippen MR) is 89.8 cm³/mol. The highest BCUT2D eigenvalue weighted by Gasteiger charge is 2.23. The highest BCUT2D eigenvalue weighted by molar-refractivity contribution is 8.04. The van der Waals surface area contributed by atoms with Crippen LogP contribution < -0.4 is 4.13 Å². The molecule has 0 fully saturated rings. The maximum Gasteiger partial charge on any atom is 0.280 e. The van der Waals surface area contributed by atoms with Gasteiger partial charge < -0.3 is 4.55 Å². The molecule has 1 unspecified atom stereocenters. The number of hydrogen-bond acceptors (Lipinski definition) is 3. The normalized spacial score (nSPS) is 12.6. The van der Waals surface area contributed by atoms with Crippen LogP contribution in [0, 0.1) is 0 Å². The van der Waals surface area contributed by atoms with Crippen LogP contribution in [0.3, 0.4) is 0 Å². The van der Waals surface area contributed by atoms with Crippen molar-refractivity contribution in [3.05, 3.63) is 72.8 Å². The SMILES string of the molecule is C=Cc1ccc([S+]([O-])NS(=O)(=O)c2ccc(C=C)cc2)cc1. The first-order valence-electron chi connectivity index (χ1n) is 6.35. The lowest BCUT2D eigenvalue weighted by molar-refractivity contribution is 0.576. The Labute approximate surface area is 133 Å². The fraction of sp³-hybridized carbons (Fsp3) is 0. The first-order valence-corrected chi connectivity index (χ1v) is 8.99. The monoisotopic (exact) mass is 333 g/mol. The fourth-order valence-electron chi connectivity index (χ4n) is 1.71. The van der Waals surface area contributed by atoms with E-state index in [1.165, 1.54) is 12.1 Å². The highest BCUT2D eigenvalue weighted by atomic mass is 32.3. The van der Waals surface area contributed by atoms with Crippen molar-refractivity contribution in [2.75, 3.05) is 0 Å². The van der Waals surface area contributed by atoms with E-state index in [2.05, 4.69) is 17.3 Å². The van der Waals surface area contributed by atoms with Crippen LogP contribution in [0.4, 0.5) is 0 Å². The lowest BCUT2D eigenvalue weighted by atomic mass is 10.2. The zero-order chi connectivity index (χ0) is 16.2. The van der Waals surface area contributed by atoms with Crippen LogP contribution in [0.15, 0.2) is 71.5 Å². The molecule has 114 valence electrons. The molecular formula is C16H15NO3S2. The van der Waals surface area contributed by atoms with Gasteiger partial charge in [0.25, 0.3) is 10.0 Å². The van der Waals surface area contributed by atoms with Crippen LogP contribution in [0.5, 0.6) is 0 Å². The van der Waals surface area contributed by atoms with E-state index in [-0.39, 0.29) is 4.90 Å². The average Bonchev–Trinajstić information content (AvgIpc) is 2.54. The summed E-state index contributed by atoms with van der Waals surface area (Å²) in [5, 5.41) is 0. The van der Waals surface area contributed by atoms with E-state index in [0.29, 0.717) is 4.90 Å². The van der Waals surface area contributed by atoms with Gasteiger partial charge in [-0.2, -0.15) is 0 Å². The maximum atomic E-state index is 12.2. The number of rotatable bonds is 6. The Morgan fingerprint density at radius 3 is 1.82 bits per heavy atom. The van der Waals surface area contributed by atoms with Crippen molar-refractivity contribution in [2.45, 2.75) is 9.79 Å². The van der Waals surface area contributed by atoms with Gasteiger partial charge >= 0.3 is 0 Å². The minimum atomic E-state index is -3.85. The van der Waals surface area contributed by atoms with E-state index in [1.54, 1.807) is 48.6 Å². The zero-order valence-electron chi connectivity index (χ0n) is 11.7. The van der Waals surface area contributed by atoms with Gasteiger partial charge in [-0.25, -0.2) is 8.42 Å². The van der Waals surface area contributed by atoms with E-state index in [4.69, 9.17) is 0 Å². The van der Waals surface area contributed by atoms with Crippen LogP contribution in [0.2, 0.25) is 0 Å². The van der Waals surface area contributed by atoms with Crippen LogP contribution in [-0.2, 0) is 21.4 Å². The van der Waals surface area contributed by atoms with Gasteiger partial charge in [-0.1, -0.05) is 37.4 Å². The average molecular weight is 333 g/mol. The largest absolute Gasteiger partial charge is 0.592 e. The van der Waals surface area contributed by atoms with Crippen LogP contribution in [0.25, 0.3) is 12.2 Å². The van der Waals surface area contributed by atoms with Gasteiger partial charge in [0.1, 0.15) is 0 Å². The molecule has 0 bridgehead atoms. The summed E-state index contributed by atoms with van der Waals surface area (Å²) in [6.45, 7) is 7.23. The molecule has 0 spiro atoms. The number of hydrogen-bond donors (Lipinski definition) is 1. The van der Waals surface area contributed by atoms with Crippen LogP contribution in [-0.4, -0.2) is 13.0 Å². The summed E-state index contributed by atoms with van der Waals surface area (Å²) in [5.74, 6) is 0. The fourth-order valence-corrected chi connectivity index (χ4v) is 4.15. The smallest absolute Gasteiger partial charge is 0.280 e. The molecule has 2 aromatic rings. The van der Waals surface area contributed by atoms with Crippen molar-refractivity contribution in [3.8, 4) is 0 Å². The van der Waals surface area contributed by atoms with Crippen molar-refractivity contribution in [1.29, 1.82) is 0 Å². The quantitative estimate of drug-likeness (QED) is 0.826. The van der Waals surface area contributed by atoms with Gasteiger partial charge in [-0.05, 0) is 51.7 Å². The van der Waals surface area contributed by atoms with Crippen molar-refractivity contribution in [1.82, 2.24) is 4.13 Å². The first-order chi connectivity index (χ1) is 10.5. The lowest BCUT2D eigenvalue weighted by Gasteiger charge is -2.11. The minimum absolute atomic E-state index is 0.0501. The van der Waals surface area contributed by atoms with Gasteiger partial charge in [-0.3, -0.25) is 0 Å². The molecule has 0 heterocycles. The van der Waals surface area contributed by atoms with Gasteiger partial charge in [0.2, 0.25) is 0 Å². The molecule has 0 aromatic heterocycles.